The van der Waals surface area contributed by atoms with E-state index >= 15 is 0 Å². The van der Waals surface area contributed by atoms with Crippen LogP contribution in [-0.4, -0.2) is 23.4 Å². The number of phenols is 1. The first-order valence-electron chi connectivity index (χ1n) is 6.47. The summed E-state index contributed by atoms with van der Waals surface area (Å²) in [5, 5.41) is 20.3. The van der Waals surface area contributed by atoms with E-state index in [9.17, 15) is 10.2 Å². The minimum absolute atomic E-state index is 0. The van der Waals surface area contributed by atoms with Crippen molar-refractivity contribution in [2.75, 3.05) is 7.11 Å². The molecule has 2 rings (SSSR count). The van der Waals surface area contributed by atoms with Gasteiger partial charge in [0.05, 0.1) is 19.3 Å². The summed E-state index contributed by atoms with van der Waals surface area (Å²) >= 11 is 0. The molecule has 0 spiro atoms. The molecule has 2 aromatic rings. The van der Waals surface area contributed by atoms with E-state index in [0.29, 0.717) is 17.7 Å². The second kappa shape index (κ2) is 7.88. The molecule has 2 atom stereocenters. The van der Waals surface area contributed by atoms with Crippen molar-refractivity contribution in [1.29, 1.82) is 0 Å². The van der Waals surface area contributed by atoms with Crippen molar-refractivity contribution in [2.45, 2.75) is 18.6 Å². The van der Waals surface area contributed by atoms with Crippen LogP contribution in [0.1, 0.15) is 17.2 Å². The number of para-hydroxylation sites is 1. The summed E-state index contributed by atoms with van der Waals surface area (Å²) in [4.78, 5) is 0. The van der Waals surface area contributed by atoms with Crippen LogP contribution in [0.2, 0.25) is 0 Å². The van der Waals surface area contributed by atoms with Gasteiger partial charge >= 0.3 is 0 Å². The zero-order chi connectivity index (χ0) is 14.5. The molecule has 0 saturated heterocycles. The Balaban J connectivity index is 0.00000220. The van der Waals surface area contributed by atoms with Crippen LogP contribution in [-0.2, 0) is 6.42 Å². The first kappa shape index (κ1) is 17.3. The van der Waals surface area contributed by atoms with E-state index in [1.807, 2.05) is 30.3 Å². The molecule has 0 fully saturated rings. The Morgan fingerprint density at radius 1 is 1.10 bits per heavy atom. The minimum atomic E-state index is -0.782. The van der Waals surface area contributed by atoms with Crippen LogP contribution >= 0.6 is 12.4 Å². The van der Waals surface area contributed by atoms with Gasteiger partial charge in [-0.15, -0.1) is 12.4 Å². The summed E-state index contributed by atoms with van der Waals surface area (Å²) in [5.41, 5.74) is 7.52. The molecule has 114 valence electrons. The molecule has 2 aromatic carbocycles. The fraction of sp³-hybridized carbons (Fsp3) is 0.250. The van der Waals surface area contributed by atoms with Crippen LogP contribution in [0.4, 0.5) is 0 Å². The Kier molecular flexibility index (Phi) is 6.49. The van der Waals surface area contributed by atoms with Gasteiger partial charge in [-0.1, -0.05) is 42.5 Å². The lowest BCUT2D eigenvalue weighted by molar-refractivity contribution is 0.143. The topological polar surface area (TPSA) is 75.7 Å². The number of rotatable bonds is 5. The van der Waals surface area contributed by atoms with Gasteiger partial charge in [0.25, 0.3) is 0 Å². The van der Waals surface area contributed by atoms with Crippen molar-refractivity contribution in [3.05, 3.63) is 59.7 Å². The molecule has 0 aromatic heterocycles. The molecule has 21 heavy (non-hydrogen) atoms. The monoisotopic (exact) mass is 309 g/mol. The number of aliphatic hydroxyl groups excluding tert-OH is 1. The fourth-order valence-electron chi connectivity index (χ4n) is 2.16. The number of nitrogens with two attached hydrogens (primary N) is 1. The van der Waals surface area contributed by atoms with E-state index in [2.05, 4.69) is 0 Å². The molecule has 4 N–H and O–H groups in total. The van der Waals surface area contributed by atoms with Crippen LogP contribution in [0.5, 0.6) is 11.5 Å². The Morgan fingerprint density at radius 3 is 2.38 bits per heavy atom. The number of benzene rings is 2. The van der Waals surface area contributed by atoms with Crippen LogP contribution in [0.25, 0.3) is 0 Å². The van der Waals surface area contributed by atoms with Gasteiger partial charge in [0.15, 0.2) is 11.5 Å². The molecule has 0 unspecified atom stereocenters. The normalized spacial score (nSPS) is 13.1. The number of methoxy groups -OCH3 is 1. The van der Waals surface area contributed by atoms with Gasteiger partial charge in [0.2, 0.25) is 0 Å². The number of aromatic hydroxyl groups is 1. The van der Waals surface area contributed by atoms with Crippen molar-refractivity contribution in [3.8, 4) is 11.5 Å². The van der Waals surface area contributed by atoms with E-state index in [-0.39, 0.29) is 18.2 Å². The number of ether oxygens (including phenoxy) is 1. The lowest BCUT2D eigenvalue weighted by atomic mass is 9.96. The lowest BCUT2D eigenvalue weighted by Crippen LogP contribution is -2.28. The summed E-state index contributed by atoms with van der Waals surface area (Å²) in [6, 6.07) is 14.0. The Morgan fingerprint density at radius 2 is 1.76 bits per heavy atom. The highest BCUT2D eigenvalue weighted by molar-refractivity contribution is 5.85. The standard InChI is InChI=1S/C16H19NO3.ClH/c1-20-14-9-5-8-12(16(14)19)15(17)13(18)10-11-6-3-2-4-7-11;/h2-9,13,15,18-19H,10,17H2,1H3;1H/t13-,15+;/m1./s1. The van der Waals surface area contributed by atoms with Gasteiger partial charge in [0.1, 0.15) is 0 Å². The van der Waals surface area contributed by atoms with E-state index in [4.69, 9.17) is 10.5 Å². The summed E-state index contributed by atoms with van der Waals surface area (Å²) < 4.78 is 5.05. The number of phenolic OH excluding ortho intramolecular Hbond substituents is 1. The predicted molar refractivity (Wildman–Crippen MR) is 85.0 cm³/mol. The molecular weight excluding hydrogens is 290 g/mol. The molecule has 0 aliphatic carbocycles. The summed E-state index contributed by atoms with van der Waals surface area (Å²) in [7, 11) is 1.48. The Labute approximate surface area is 130 Å². The Hall–Kier alpha value is -1.75. The molecular formula is C16H20ClNO3. The lowest BCUT2D eigenvalue weighted by Gasteiger charge is -2.21. The second-order valence-corrected chi connectivity index (χ2v) is 4.68. The van der Waals surface area contributed by atoms with Crippen LogP contribution in [0.15, 0.2) is 48.5 Å². The van der Waals surface area contributed by atoms with Gasteiger partial charge in [-0.3, -0.25) is 0 Å². The fourth-order valence-corrected chi connectivity index (χ4v) is 2.16. The van der Waals surface area contributed by atoms with Crippen molar-refractivity contribution in [2.24, 2.45) is 5.73 Å². The third kappa shape index (κ3) is 4.11. The number of halogens is 1. The maximum absolute atomic E-state index is 10.2. The van der Waals surface area contributed by atoms with Crippen LogP contribution in [0, 0.1) is 0 Å². The van der Waals surface area contributed by atoms with E-state index in [1.165, 1.54) is 7.11 Å². The van der Waals surface area contributed by atoms with Gasteiger partial charge in [-0.2, -0.15) is 0 Å². The van der Waals surface area contributed by atoms with Crippen molar-refractivity contribution >= 4 is 12.4 Å². The summed E-state index contributed by atoms with van der Waals surface area (Å²) in [5.74, 6) is 0.333. The first-order chi connectivity index (χ1) is 9.63. The number of hydrogen-bond acceptors (Lipinski definition) is 4. The summed E-state index contributed by atoms with van der Waals surface area (Å²) in [6.45, 7) is 0. The van der Waals surface area contributed by atoms with Gasteiger partial charge in [-0.25, -0.2) is 0 Å². The molecule has 4 nitrogen and oxygen atoms in total. The Bertz CT molecular complexity index is 563. The van der Waals surface area contributed by atoms with Gasteiger partial charge in [0, 0.05) is 12.0 Å². The van der Waals surface area contributed by atoms with E-state index in [0.717, 1.165) is 5.56 Å². The SMILES string of the molecule is COc1cccc([C@H](N)[C@H](O)Cc2ccccc2)c1O.Cl. The minimum Gasteiger partial charge on any atom is -0.504 e. The first-order valence-corrected chi connectivity index (χ1v) is 6.47. The second-order valence-electron chi connectivity index (χ2n) is 4.68. The molecule has 0 aliphatic rings. The highest BCUT2D eigenvalue weighted by atomic mass is 35.5. The maximum atomic E-state index is 10.2. The largest absolute Gasteiger partial charge is 0.504 e. The van der Waals surface area contributed by atoms with Crippen molar-refractivity contribution in [3.63, 3.8) is 0 Å². The third-order valence-electron chi connectivity index (χ3n) is 3.31. The van der Waals surface area contributed by atoms with Crippen LogP contribution in [0.3, 0.4) is 0 Å². The van der Waals surface area contributed by atoms with Gasteiger partial charge in [-0.05, 0) is 11.6 Å². The molecule has 0 heterocycles. The zero-order valence-electron chi connectivity index (χ0n) is 11.8. The van der Waals surface area contributed by atoms with E-state index in [1.54, 1.807) is 18.2 Å². The predicted octanol–water partition coefficient (Wildman–Crippen LogP) is 2.43. The maximum Gasteiger partial charge on any atom is 0.162 e. The van der Waals surface area contributed by atoms with Crippen molar-refractivity contribution < 1.29 is 14.9 Å². The quantitative estimate of drug-likeness (QED) is 0.793. The third-order valence-corrected chi connectivity index (χ3v) is 3.31. The smallest absolute Gasteiger partial charge is 0.162 e. The molecule has 0 bridgehead atoms. The molecule has 0 amide bonds. The average Bonchev–Trinajstić information content (AvgIpc) is 2.48. The summed E-state index contributed by atoms with van der Waals surface area (Å²) in [6.07, 6.45) is -0.353. The number of hydrogen-bond donors (Lipinski definition) is 3. The molecule has 0 saturated carbocycles. The molecule has 5 heteroatoms. The van der Waals surface area contributed by atoms with Gasteiger partial charge < -0.3 is 20.7 Å². The van der Waals surface area contributed by atoms with Crippen molar-refractivity contribution in [1.82, 2.24) is 0 Å². The molecule has 0 radical (unpaired) electrons. The average molecular weight is 310 g/mol. The highest BCUT2D eigenvalue weighted by Gasteiger charge is 2.21. The van der Waals surface area contributed by atoms with E-state index < -0.39 is 12.1 Å². The number of aliphatic hydroxyl groups is 1. The highest BCUT2D eigenvalue weighted by Crippen LogP contribution is 2.34. The molecule has 0 aliphatic heterocycles. The zero-order valence-corrected chi connectivity index (χ0v) is 12.6. The van der Waals surface area contributed by atoms with Crippen LogP contribution < -0.4 is 10.5 Å².